The Labute approximate surface area is 133 Å². The number of nitriles is 1. The topological polar surface area (TPSA) is 81.5 Å². The fourth-order valence-corrected chi connectivity index (χ4v) is 2.37. The van der Waals surface area contributed by atoms with Crippen LogP contribution in [0.3, 0.4) is 0 Å². The van der Waals surface area contributed by atoms with Gasteiger partial charge >= 0.3 is 0 Å². The molecule has 0 spiro atoms. The van der Waals surface area contributed by atoms with Gasteiger partial charge in [-0.25, -0.2) is 4.99 Å². The number of aliphatic imine (C=N–C) groups is 1. The fraction of sp³-hybridized carbons (Fsp3) is 0. The van der Waals surface area contributed by atoms with E-state index in [1.165, 1.54) is 0 Å². The molecule has 0 aliphatic heterocycles. The zero-order valence-corrected chi connectivity index (χ0v) is 12.1. The molecule has 0 bridgehead atoms. The summed E-state index contributed by atoms with van der Waals surface area (Å²) in [5, 5.41) is 18.2. The van der Waals surface area contributed by atoms with Crippen LogP contribution in [0.15, 0.2) is 70.1 Å². The number of nitrogens with one attached hydrogen (secondary N) is 1. The minimum Gasteiger partial charge on any atom is -0.436 e. The minimum absolute atomic E-state index is 0.145. The van der Waals surface area contributed by atoms with Gasteiger partial charge in [-0.2, -0.15) is 5.26 Å². The first-order chi connectivity index (χ1) is 11.3. The van der Waals surface area contributed by atoms with Crippen molar-refractivity contribution in [2.24, 2.45) is 4.99 Å². The summed E-state index contributed by atoms with van der Waals surface area (Å²) in [6, 6.07) is 21.2. The summed E-state index contributed by atoms with van der Waals surface area (Å²) in [5.74, 6) is 0.713. The van der Waals surface area contributed by atoms with Gasteiger partial charge in [-0.05, 0) is 5.56 Å². The predicted molar refractivity (Wildman–Crippen MR) is 87.4 cm³/mol. The Hall–Kier alpha value is -3.36. The largest absolute Gasteiger partial charge is 0.436 e. The molecule has 3 rings (SSSR count). The molecule has 0 unspecified atom stereocenters. The molecular weight excluding hydrogens is 290 g/mol. The van der Waals surface area contributed by atoms with E-state index < -0.39 is 0 Å². The molecule has 0 atom stereocenters. The summed E-state index contributed by atoms with van der Waals surface area (Å²) >= 11 is 0. The van der Waals surface area contributed by atoms with E-state index in [2.05, 4.69) is 11.1 Å². The molecule has 112 valence electrons. The highest BCUT2D eigenvalue weighted by atomic mass is 16.5. The van der Waals surface area contributed by atoms with E-state index in [4.69, 9.17) is 9.62 Å². The smallest absolute Gasteiger partial charge is 0.239 e. The second-order valence-corrected chi connectivity index (χ2v) is 4.72. The number of nitrogens with zero attached hydrogens (tertiary/aromatic N) is 2. The predicted octanol–water partition coefficient (Wildman–Crippen LogP) is 4.12. The first-order valence-electron chi connectivity index (χ1n) is 6.95. The van der Waals surface area contributed by atoms with Gasteiger partial charge in [0.2, 0.25) is 5.88 Å². The zero-order chi connectivity index (χ0) is 16.1. The van der Waals surface area contributed by atoms with E-state index in [-0.39, 0.29) is 5.88 Å². The average molecular weight is 303 g/mol. The first kappa shape index (κ1) is 14.6. The highest BCUT2D eigenvalue weighted by Crippen LogP contribution is 2.42. The first-order valence-corrected chi connectivity index (χ1v) is 6.95. The summed E-state index contributed by atoms with van der Waals surface area (Å²) in [5.41, 5.74) is 4.53. The van der Waals surface area contributed by atoms with E-state index >= 15 is 0 Å². The Morgan fingerprint density at radius 1 is 1.00 bits per heavy atom. The molecule has 5 heteroatoms. The molecule has 23 heavy (non-hydrogen) atoms. The summed E-state index contributed by atoms with van der Waals surface area (Å²) < 4.78 is 5.81. The standard InChI is InChI=1S/C18H13N3O2/c19-11-15-16(13-7-3-1-4-8-13)17(14-9-5-2-6-10-14)23-18(15)20-12-21-22/h1-10,12,22H,(H,20,21). The van der Waals surface area contributed by atoms with Crippen molar-refractivity contribution in [3.63, 3.8) is 0 Å². The fourth-order valence-electron chi connectivity index (χ4n) is 2.37. The second kappa shape index (κ2) is 6.60. The van der Waals surface area contributed by atoms with Crippen molar-refractivity contribution in [1.29, 1.82) is 5.26 Å². The molecule has 0 radical (unpaired) electrons. The third-order valence-corrected chi connectivity index (χ3v) is 3.34. The summed E-state index contributed by atoms with van der Waals surface area (Å²) in [6.45, 7) is 0. The van der Waals surface area contributed by atoms with Crippen LogP contribution < -0.4 is 5.48 Å². The van der Waals surface area contributed by atoms with Crippen LogP contribution in [0.2, 0.25) is 0 Å². The molecule has 2 N–H and O–H groups in total. The zero-order valence-electron chi connectivity index (χ0n) is 12.1. The van der Waals surface area contributed by atoms with Crippen molar-refractivity contribution in [1.82, 2.24) is 5.48 Å². The highest BCUT2D eigenvalue weighted by molar-refractivity contribution is 5.88. The van der Waals surface area contributed by atoms with E-state index in [1.54, 1.807) is 0 Å². The molecule has 0 amide bonds. The number of hydrogen-bond donors (Lipinski definition) is 2. The van der Waals surface area contributed by atoms with Crippen molar-refractivity contribution < 1.29 is 9.62 Å². The van der Waals surface area contributed by atoms with Gasteiger partial charge in [-0.15, -0.1) is 0 Å². The van der Waals surface area contributed by atoms with E-state index in [1.807, 2.05) is 66.1 Å². The van der Waals surface area contributed by atoms with Gasteiger partial charge in [-0.3, -0.25) is 10.7 Å². The highest BCUT2D eigenvalue weighted by Gasteiger charge is 2.22. The molecule has 0 aliphatic rings. The molecule has 0 saturated carbocycles. The Balaban J connectivity index is 2.28. The molecule has 1 heterocycles. The van der Waals surface area contributed by atoms with Crippen molar-refractivity contribution >= 4 is 12.2 Å². The van der Waals surface area contributed by atoms with Crippen LogP contribution >= 0.6 is 0 Å². The van der Waals surface area contributed by atoms with Crippen molar-refractivity contribution in [2.45, 2.75) is 0 Å². The van der Waals surface area contributed by atoms with Crippen LogP contribution in [0.1, 0.15) is 5.56 Å². The Kier molecular flexibility index (Phi) is 4.18. The minimum atomic E-state index is 0.145. The lowest BCUT2D eigenvalue weighted by Gasteiger charge is -2.03. The van der Waals surface area contributed by atoms with Gasteiger partial charge in [-0.1, -0.05) is 60.7 Å². The maximum Gasteiger partial charge on any atom is 0.239 e. The van der Waals surface area contributed by atoms with Crippen LogP contribution in [-0.2, 0) is 0 Å². The van der Waals surface area contributed by atoms with Gasteiger partial charge in [0.25, 0.3) is 0 Å². The number of benzene rings is 2. The lowest BCUT2D eigenvalue weighted by molar-refractivity contribution is 0.239. The van der Waals surface area contributed by atoms with Crippen LogP contribution in [0.5, 0.6) is 0 Å². The van der Waals surface area contributed by atoms with Crippen LogP contribution in [0, 0.1) is 11.3 Å². The van der Waals surface area contributed by atoms with Gasteiger partial charge in [0, 0.05) is 11.1 Å². The Morgan fingerprint density at radius 3 is 2.17 bits per heavy atom. The van der Waals surface area contributed by atoms with Crippen molar-refractivity contribution in [3.05, 3.63) is 66.2 Å². The molecule has 0 fully saturated rings. The lowest BCUT2D eigenvalue weighted by atomic mass is 9.98. The number of hydrogen-bond acceptors (Lipinski definition) is 4. The van der Waals surface area contributed by atoms with E-state index in [0.717, 1.165) is 17.5 Å². The number of furan rings is 1. The van der Waals surface area contributed by atoms with Crippen LogP contribution in [-0.4, -0.2) is 11.5 Å². The Morgan fingerprint density at radius 2 is 1.61 bits per heavy atom. The van der Waals surface area contributed by atoms with Gasteiger partial charge < -0.3 is 4.42 Å². The quantitative estimate of drug-likeness (QED) is 0.431. The van der Waals surface area contributed by atoms with Gasteiger partial charge in [0.15, 0.2) is 0 Å². The second-order valence-electron chi connectivity index (χ2n) is 4.72. The molecule has 3 aromatic rings. The molecule has 5 nitrogen and oxygen atoms in total. The molecule has 0 saturated heterocycles. The summed E-state index contributed by atoms with van der Waals surface area (Å²) in [4.78, 5) is 3.95. The van der Waals surface area contributed by atoms with Crippen LogP contribution in [0.4, 0.5) is 5.88 Å². The third-order valence-electron chi connectivity index (χ3n) is 3.34. The third kappa shape index (κ3) is 2.84. The molecule has 1 aromatic heterocycles. The maximum absolute atomic E-state index is 9.55. The molecule has 2 aromatic carbocycles. The summed E-state index contributed by atoms with van der Waals surface area (Å²) in [7, 11) is 0. The number of hydroxylamine groups is 1. The maximum atomic E-state index is 9.55. The normalized spacial score (nSPS) is 10.6. The summed E-state index contributed by atoms with van der Waals surface area (Å²) in [6.07, 6.45) is 1.06. The van der Waals surface area contributed by atoms with Crippen molar-refractivity contribution in [3.8, 4) is 28.5 Å². The van der Waals surface area contributed by atoms with Crippen molar-refractivity contribution in [2.75, 3.05) is 0 Å². The lowest BCUT2D eigenvalue weighted by Crippen LogP contribution is -2.00. The Bertz CT molecular complexity index is 863. The monoisotopic (exact) mass is 303 g/mol. The van der Waals surface area contributed by atoms with E-state index in [9.17, 15) is 5.26 Å². The van der Waals surface area contributed by atoms with Gasteiger partial charge in [0.05, 0.1) is 0 Å². The SMILES string of the molecule is N#Cc1c(/N=C/NO)oc(-c2ccccc2)c1-c1ccccc1. The number of rotatable bonds is 4. The van der Waals surface area contributed by atoms with Crippen LogP contribution in [0.25, 0.3) is 22.5 Å². The average Bonchev–Trinajstić information content (AvgIpc) is 3.00. The molecular formula is C18H13N3O2. The van der Waals surface area contributed by atoms with Gasteiger partial charge in [0.1, 0.15) is 23.7 Å². The van der Waals surface area contributed by atoms with E-state index in [0.29, 0.717) is 16.9 Å². The molecule has 0 aliphatic carbocycles.